The van der Waals surface area contributed by atoms with Crippen LogP contribution in [0.3, 0.4) is 0 Å². The molecule has 33 heavy (non-hydrogen) atoms. The normalized spacial score (nSPS) is 23.2. The van der Waals surface area contributed by atoms with Gasteiger partial charge >= 0.3 is 0 Å². The molecule has 1 aliphatic carbocycles. The van der Waals surface area contributed by atoms with Crippen LogP contribution in [0.1, 0.15) is 91.2 Å². The molecule has 0 N–H and O–H groups in total. The fraction of sp³-hybridized carbons (Fsp3) is 0.645. The Labute approximate surface area is 205 Å². The molecule has 5 unspecified atom stereocenters. The predicted octanol–water partition coefficient (Wildman–Crippen LogP) is 8.58. The van der Waals surface area contributed by atoms with Crippen molar-refractivity contribution < 1.29 is 0 Å². The Kier molecular flexibility index (Phi) is 12.2. The molecule has 0 amide bonds. The van der Waals surface area contributed by atoms with Gasteiger partial charge in [-0.3, -0.25) is 9.88 Å². The highest BCUT2D eigenvalue weighted by Crippen LogP contribution is 2.43. The lowest BCUT2D eigenvalue weighted by Gasteiger charge is -2.37. The van der Waals surface area contributed by atoms with Gasteiger partial charge in [0.15, 0.2) is 0 Å². The lowest BCUT2D eigenvalue weighted by Crippen LogP contribution is -2.34. The van der Waals surface area contributed by atoms with Crippen LogP contribution in [-0.2, 0) is 0 Å². The van der Waals surface area contributed by atoms with Crippen LogP contribution in [0.15, 0.2) is 54.8 Å². The molecule has 0 spiro atoms. The fourth-order valence-electron chi connectivity index (χ4n) is 5.56. The molecule has 2 rings (SSSR count). The molecule has 0 saturated heterocycles. The lowest BCUT2D eigenvalue weighted by atomic mass is 9.70. The van der Waals surface area contributed by atoms with Crippen LogP contribution in [0, 0.1) is 23.7 Å². The molecule has 2 heteroatoms. The molecule has 0 radical (unpaired) electrons. The van der Waals surface area contributed by atoms with Crippen LogP contribution >= 0.6 is 0 Å². The van der Waals surface area contributed by atoms with Gasteiger partial charge in [-0.25, -0.2) is 0 Å². The Hall–Kier alpha value is -1.67. The number of hydrogen-bond acceptors (Lipinski definition) is 2. The Morgan fingerprint density at radius 2 is 1.76 bits per heavy atom. The highest BCUT2D eigenvalue weighted by molar-refractivity contribution is 5.66. The summed E-state index contributed by atoms with van der Waals surface area (Å²) in [6, 6.07) is 6.71. The van der Waals surface area contributed by atoms with E-state index >= 15 is 0 Å². The van der Waals surface area contributed by atoms with Crippen molar-refractivity contribution in [3.05, 3.63) is 60.5 Å². The second-order valence-electron chi connectivity index (χ2n) is 10.3. The quantitative estimate of drug-likeness (QED) is 0.314. The zero-order valence-electron chi connectivity index (χ0n) is 22.4. The van der Waals surface area contributed by atoms with E-state index in [-0.39, 0.29) is 0 Å². The molecule has 1 aromatic heterocycles. The highest BCUT2D eigenvalue weighted by atomic mass is 15.1. The largest absolute Gasteiger partial charge is 0.299 e. The average molecular weight is 451 g/mol. The van der Waals surface area contributed by atoms with Gasteiger partial charge in [-0.2, -0.15) is 0 Å². The summed E-state index contributed by atoms with van der Waals surface area (Å²) in [6.07, 6.45) is 20.5. The summed E-state index contributed by atoms with van der Waals surface area (Å²) in [5.74, 6) is 2.26. The van der Waals surface area contributed by atoms with Crippen LogP contribution in [-0.4, -0.2) is 30.0 Å². The fourth-order valence-corrected chi connectivity index (χ4v) is 5.56. The lowest BCUT2D eigenvalue weighted by molar-refractivity contribution is 0.299. The molecule has 1 aliphatic rings. The van der Waals surface area contributed by atoms with Gasteiger partial charge in [0.05, 0.1) is 5.69 Å². The first kappa shape index (κ1) is 27.6. The molecule has 0 aliphatic heterocycles. The number of nitrogens with zero attached hydrogens (tertiary/aromatic N) is 2. The van der Waals surface area contributed by atoms with E-state index in [4.69, 9.17) is 11.6 Å². The maximum absolute atomic E-state index is 4.88. The first-order valence-electron chi connectivity index (χ1n) is 13.6. The van der Waals surface area contributed by atoms with Crippen molar-refractivity contribution in [2.45, 2.75) is 91.5 Å². The first-order valence-corrected chi connectivity index (χ1v) is 13.6. The molecule has 5 atom stereocenters. The zero-order chi connectivity index (χ0) is 24.2. The van der Waals surface area contributed by atoms with Crippen molar-refractivity contribution in [3.8, 4) is 0 Å². The molecule has 0 bridgehead atoms. The van der Waals surface area contributed by atoms with E-state index in [1.165, 1.54) is 68.2 Å². The second kappa shape index (κ2) is 14.6. The van der Waals surface area contributed by atoms with Gasteiger partial charge in [-0.15, -0.1) is 0 Å². The van der Waals surface area contributed by atoms with E-state index in [1.54, 1.807) is 0 Å². The Morgan fingerprint density at radius 1 is 1.06 bits per heavy atom. The molecule has 1 aromatic rings. The first-order chi connectivity index (χ1) is 15.9. The van der Waals surface area contributed by atoms with Gasteiger partial charge in [0.1, 0.15) is 0 Å². The van der Waals surface area contributed by atoms with Crippen molar-refractivity contribution in [1.29, 1.82) is 0 Å². The van der Waals surface area contributed by atoms with E-state index in [1.807, 2.05) is 12.3 Å². The van der Waals surface area contributed by atoms with Crippen LogP contribution in [0.4, 0.5) is 0 Å². The van der Waals surface area contributed by atoms with Crippen molar-refractivity contribution in [3.63, 3.8) is 0 Å². The summed E-state index contributed by atoms with van der Waals surface area (Å²) in [5, 5.41) is 0. The van der Waals surface area contributed by atoms with Crippen molar-refractivity contribution in [2.75, 3.05) is 14.1 Å². The molecule has 1 fully saturated rings. The monoisotopic (exact) mass is 450 g/mol. The molecule has 184 valence electrons. The Bertz CT molecular complexity index is 745. The third-order valence-electron chi connectivity index (χ3n) is 7.83. The zero-order valence-corrected chi connectivity index (χ0v) is 22.4. The van der Waals surface area contributed by atoms with Gasteiger partial charge in [0, 0.05) is 12.2 Å². The summed E-state index contributed by atoms with van der Waals surface area (Å²) < 4.78 is 0. The summed E-state index contributed by atoms with van der Waals surface area (Å²) in [4.78, 5) is 7.22. The maximum Gasteiger partial charge on any atom is 0.0661 e. The molecule has 0 aromatic carbocycles. The summed E-state index contributed by atoms with van der Waals surface area (Å²) in [5.41, 5.74) is 4.04. The Morgan fingerprint density at radius 3 is 2.30 bits per heavy atom. The van der Waals surface area contributed by atoms with E-state index in [0.717, 1.165) is 6.42 Å². The number of hydrogen-bond donors (Lipinski definition) is 0. The predicted molar refractivity (Wildman–Crippen MR) is 146 cm³/mol. The summed E-state index contributed by atoms with van der Waals surface area (Å²) >= 11 is 0. The van der Waals surface area contributed by atoms with Crippen molar-refractivity contribution in [2.24, 2.45) is 23.7 Å². The molecule has 2 nitrogen and oxygen atoms in total. The van der Waals surface area contributed by atoms with Crippen molar-refractivity contribution in [1.82, 2.24) is 9.88 Å². The molecular formula is C31H50N2. The van der Waals surface area contributed by atoms with Gasteiger partial charge < -0.3 is 0 Å². The van der Waals surface area contributed by atoms with Crippen LogP contribution in [0.2, 0.25) is 0 Å². The molecule has 1 heterocycles. The minimum absolute atomic E-state index is 0.290. The maximum atomic E-state index is 4.88. The number of allylic oxidation sites excluding steroid dienone is 3. The number of pyridine rings is 1. The topological polar surface area (TPSA) is 16.1 Å². The van der Waals surface area contributed by atoms with Gasteiger partial charge in [-0.1, -0.05) is 96.2 Å². The smallest absolute Gasteiger partial charge is 0.0661 e. The third kappa shape index (κ3) is 7.95. The minimum Gasteiger partial charge on any atom is -0.299 e. The Balaban J connectivity index is 2.57. The van der Waals surface area contributed by atoms with Crippen molar-refractivity contribution >= 4 is 5.57 Å². The van der Waals surface area contributed by atoms with E-state index in [9.17, 15) is 0 Å². The SMILES string of the molecule is C=C(C1CCCCCCC1C(=CC(CC)C(C)CC)c1ccccn1)C(C=CCC)N(C)C. The summed E-state index contributed by atoms with van der Waals surface area (Å²) in [7, 11) is 4.39. The summed E-state index contributed by atoms with van der Waals surface area (Å²) in [6.45, 7) is 14.1. The molecule has 1 saturated carbocycles. The van der Waals surface area contributed by atoms with Gasteiger partial charge in [-0.05, 0) is 81.2 Å². The minimum atomic E-state index is 0.290. The van der Waals surface area contributed by atoms with Gasteiger partial charge in [0.25, 0.3) is 0 Å². The van der Waals surface area contributed by atoms with Gasteiger partial charge in [0.2, 0.25) is 0 Å². The van der Waals surface area contributed by atoms with Crippen LogP contribution in [0.25, 0.3) is 5.57 Å². The highest BCUT2D eigenvalue weighted by Gasteiger charge is 2.32. The standard InChI is InChI=1S/C31H50N2/c1-8-11-21-31(33(6)7)25(5)27-18-14-12-13-15-19-28(27)29(30-20-16-17-22-32-30)23-26(10-3)24(4)9-2/h11,16-17,20-24,26-28,31H,5,8-10,12-15,18-19H2,1-4,6-7H3. The van der Waals surface area contributed by atoms with E-state index in [0.29, 0.717) is 29.7 Å². The van der Waals surface area contributed by atoms with Crippen LogP contribution < -0.4 is 0 Å². The van der Waals surface area contributed by atoms with Crippen LogP contribution in [0.5, 0.6) is 0 Å². The van der Waals surface area contributed by atoms with E-state index < -0.39 is 0 Å². The number of likely N-dealkylation sites (N-methyl/N-ethyl adjacent to an activating group) is 1. The van der Waals surface area contributed by atoms with E-state index in [2.05, 4.69) is 77.1 Å². The number of rotatable bonds is 11. The third-order valence-corrected chi connectivity index (χ3v) is 7.83. The molecular weight excluding hydrogens is 400 g/mol. The second-order valence-corrected chi connectivity index (χ2v) is 10.3. The average Bonchev–Trinajstić information content (AvgIpc) is 2.80. The number of aromatic nitrogens is 1.